The van der Waals surface area contributed by atoms with Crippen LogP contribution in [-0.4, -0.2) is 45.0 Å². The Balaban J connectivity index is 1.63. The topological polar surface area (TPSA) is 123 Å². The number of hydrogen-bond acceptors (Lipinski definition) is 5. The number of nitrogens with one attached hydrogen (secondary N) is 1. The third kappa shape index (κ3) is 5.30. The number of aryl methyl sites for hydroxylation is 1. The minimum atomic E-state index is -3.82. The highest BCUT2D eigenvalue weighted by atomic mass is 127. The van der Waals surface area contributed by atoms with Gasteiger partial charge in [-0.3, -0.25) is 9.48 Å². The maximum atomic E-state index is 13.2. The van der Waals surface area contributed by atoms with Crippen LogP contribution in [0.2, 0.25) is 0 Å². The maximum absolute atomic E-state index is 13.2. The first-order valence-electron chi connectivity index (χ1n) is 14.4. The number of sulfonamides is 1. The van der Waals surface area contributed by atoms with E-state index in [1.54, 1.807) is 23.9 Å². The molecule has 0 atom stereocenters. The molecule has 4 aromatic rings. The van der Waals surface area contributed by atoms with Gasteiger partial charge in [-0.2, -0.15) is 5.10 Å². The summed E-state index contributed by atoms with van der Waals surface area (Å²) in [6, 6.07) is 11.7. The Kier molecular flexibility index (Phi) is 7.74. The fraction of sp³-hybridized carbons (Fsp3) is 0.344. The van der Waals surface area contributed by atoms with Gasteiger partial charge < -0.3 is 9.67 Å². The summed E-state index contributed by atoms with van der Waals surface area (Å²) in [5.74, 6) is -1.40. The van der Waals surface area contributed by atoms with Crippen LogP contribution in [0.25, 0.3) is 33.8 Å². The molecular weight excluding hydrogens is 679 g/mol. The lowest BCUT2D eigenvalue weighted by Crippen LogP contribution is -2.35. The summed E-state index contributed by atoms with van der Waals surface area (Å²) in [5, 5.41) is 14.6. The van der Waals surface area contributed by atoms with Gasteiger partial charge in [0.15, 0.2) is 0 Å². The monoisotopic (exact) mass is 712 g/mol. The van der Waals surface area contributed by atoms with Gasteiger partial charge in [0, 0.05) is 32.6 Å². The minimum Gasteiger partial charge on any atom is -0.478 e. The Labute approximate surface area is 264 Å². The molecule has 11 heteroatoms. The number of carbonyl (C=O) groups excluding carboxylic acids is 1. The number of halogens is 1. The molecular formula is C32H33IN4O5S. The van der Waals surface area contributed by atoms with Crippen LogP contribution in [0, 0.1) is 3.57 Å². The van der Waals surface area contributed by atoms with Crippen LogP contribution in [0.1, 0.15) is 89.4 Å². The molecule has 1 aliphatic heterocycles. The van der Waals surface area contributed by atoms with Crippen molar-refractivity contribution in [2.24, 2.45) is 7.05 Å². The molecule has 2 N–H and O–H groups in total. The first-order chi connectivity index (χ1) is 20.5. The Bertz CT molecular complexity index is 1930. The number of aromatic nitrogens is 3. The number of fused-ring (bicyclic) bond motifs is 5. The molecule has 9 nitrogen and oxygen atoms in total. The van der Waals surface area contributed by atoms with Gasteiger partial charge in [-0.1, -0.05) is 31.4 Å². The summed E-state index contributed by atoms with van der Waals surface area (Å²) >= 11 is 2.29. The van der Waals surface area contributed by atoms with Gasteiger partial charge in [0.2, 0.25) is 10.0 Å². The van der Waals surface area contributed by atoms with Crippen molar-refractivity contribution in [1.29, 1.82) is 0 Å². The summed E-state index contributed by atoms with van der Waals surface area (Å²) in [5.41, 5.74) is 6.79. The Morgan fingerprint density at radius 3 is 2.51 bits per heavy atom. The summed E-state index contributed by atoms with van der Waals surface area (Å²) in [7, 11) is -2.08. The van der Waals surface area contributed by atoms with Gasteiger partial charge >= 0.3 is 5.97 Å². The Hall–Kier alpha value is -3.45. The normalized spacial score (nSPS) is 15.6. The van der Waals surface area contributed by atoms with E-state index in [-0.39, 0.29) is 11.1 Å². The van der Waals surface area contributed by atoms with E-state index in [4.69, 9.17) is 0 Å². The number of hydrogen-bond donors (Lipinski definition) is 2. The number of rotatable bonds is 6. The number of allylic oxidation sites excluding steroid dienone is 1. The largest absolute Gasteiger partial charge is 0.478 e. The van der Waals surface area contributed by atoms with Crippen LogP contribution < -0.4 is 4.72 Å². The van der Waals surface area contributed by atoms with E-state index in [9.17, 15) is 23.1 Å². The second-order valence-electron chi connectivity index (χ2n) is 11.7. The molecule has 2 aromatic heterocycles. The van der Waals surface area contributed by atoms with Gasteiger partial charge in [0.05, 0.1) is 29.4 Å². The van der Waals surface area contributed by atoms with Gasteiger partial charge in [-0.05, 0) is 102 Å². The second-order valence-corrected chi connectivity index (χ2v) is 15.2. The van der Waals surface area contributed by atoms with E-state index < -0.39 is 27.1 Å². The minimum absolute atomic E-state index is 0.118. The molecule has 1 fully saturated rings. The van der Waals surface area contributed by atoms with E-state index in [1.807, 2.05) is 6.07 Å². The lowest BCUT2D eigenvalue weighted by atomic mass is 9.81. The summed E-state index contributed by atoms with van der Waals surface area (Å²) in [6.07, 6.45) is 9.04. The van der Waals surface area contributed by atoms with E-state index >= 15 is 0 Å². The van der Waals surface area contributed by atoms with Crippen molar-refractivity contribution >= 4 is 67.0 Å². The molecule has 6 rings (SSSR count). The van der Waals surface area contributed by atoms with Gasteiger partial charge in [-0.15, -0.1) is 0 Å². The average Bonchev–Trinajstić information content (AvgIpc) is 3.45. The molecule has 0 spiro atoms. The van der Waals surface area contributed by atoms with Crippen molar-refractivity contribution in [2.75, 3.05) is 0 Å². The molecule has 2 aliphatic rings. The highest BCUT2D eigenvalue weighted by Gasteiger charge is 2.31. The lowest BCUT2D eigenvalue weighted by molar-refractivity contribution is 0.0696. The number of nitrogens with zero attached hydrogens (tertiary/aromatic N) is 3. The number of carboxylic acids is 1. The third-order valence-electron chi connectivity index (χ3n) is 8.64. The SMILES string of the molecule is CC(C)S(=O)(=O)NC(=O)c1ccc2c(C3CCCCC3)c3n(c2c1)CC(c1c(C(=O)O)cnn1C)=Cc1cc(I)ccc1-3. The molecule has 2 aromatic carbocycles. The van der Waals surface area contributed by atoms with Crippen LogP contribution in [0.4, 0.5) is 0 Å². The number of benzene rings is 2. The maximum Gasteiger partial charge on any atom is 0.339 e. The molecule has 1 saturated carbocycles. The fourth-order valence-corrected chi connectivity index (χ4v) is 7.60. The molecule has 1 aliphatic carbocycles. The summed E-state index contributed by atoms with van der Waals surface area (Å²) in [6.45, 7) is 3.40. The molecule has 0 unspecified atom stereocenters. The highest BCUT2D eigenvalue weighted by Crippen LogP contribution is 2.47. The van der Waals surface area contributed by atoms with E-state index in [2.05, 4.69) is 61.3 Å². The van der Waals surface area contributed by atoms with Crippen LogP contribution in [-0.2, 0) is 23.6 Å². The predicted octanol–water partition coefficient (Wildman–Crippen LogP) is 6.41. The van der Waals surface area contributed by atoms with Gasteiger partial charge in [0.1, 0.15) is 5.56 Å². The number of amides is 1. The zero-order valence-electron chi connectivity index (χ0n) is 24.2. The van der Waals surface area contributed by atoms with Crippen molar-refractivity contribution in [3.63, 3.8) is 0 Å². The predicted molar refractivity (Wildman–Crippen MR) is 175 cm³/mol. The quantitative estimate of drug-likeness (QED) is 0.223. The van der Waals surface area contributed by atoms with Gasteiger partial charge in [0.25, 0.3) is 5.91 Å². The zero-order chi connectivity index (χ0) is 30.6. The molecule has 3 heterocycles. The van der Waals surface area contributed by atoms with Crippen molar-refractivity contribution in [3.8, 4) is 11.3 Å². The summed E-state index contributed by atoms with van der Waals surface area (Å²) in [4.78, 5) is 25.4. The van der Waals surface area contributed by atoms with Crippen molar-refractivity contribution in [2.45, 2.75) is 63.7 Å². The van der Waals surface area contributed by atoms with Gasteiger partial charge in [-0.25, -0.2) is 17.9 Å². The standard InChI is InChI=1S/C32H33IN4O5S/c1-18(2)43(41,42)35-31(38)20-9-11-25-27(15-20)37-17-22(29-26(32(39)40)16-34-36(29)3)13-21-14-23(33)10-12-24(21)30(37)28(25)19-7-5-4-6-8-19/h9-16,18-19H,4-8,17H2,1-3H3,(H,35,38)(H,39,40). The Morgan fingerprint density at radius 1 is 1.07 bits per heavy atom. The van der Waals surface area contributed by atoms with Crippen LogP contribution in [0.3, 0.4) is 0 Å². The van der Waals surface area contributed by atoms with Crippen molar-refractivity contribution in [1.82, 2.24) is 19.1 Å². The molecule has 0 radical (unpaired) electrons. The second kappa shape index (κ2) is 11.2. The number of aromatic carboxylic acids is 1. The fourth-order valence-electron chi connectivity index (χ4n) is 6.47. The Morgan fingerprint density at radius 2 is 1.81 bits per heavy atom. The van der Waals surface area contributed by atoms with E-state index in [1.165, 1.54) is 32.0 Å². The van der Waals surface area contributed by atoms with Crippen molar-refractivity contribution in [3.05, 3.63) is 74.1 Å². The molecule has 0 bridgehead atoms. The van der Waals surface area contributed by atoms with Crippen LogP contribution in [0.5, 0.6) is 0 Å². The first-order valence-corrected chi connectivity index (χ1v) is 17.1. The van der Waals surface area contributed by atoms with Crippen LogP contribution >= 0.6 is 22.6 Å². The van der Waals surface area contributed by atoms with Crippen LogP contribution in [0.15, 0.2) is 42.6 Å². The third-order valence-corrected chi connectivity index (χ3v) is 11.0. The average molecular weight is 713 g/mol. The molecule has 1 amide bonds. The smallest absolute Gasteiger partial charge is 0.339 e. The molecule has 224 valence electrons. The van der Waals surface area contributed by atoms with E-state index in [0.717, 1.165) is 62.6 Å². The number of carboxylic acid groups (broad SMARTS) is 1. The van der Waals surface area contributed by atoms with E-state index in [0.29, 0.717) is 18.2 Å². The highest BCUT2D eigenvalue weighted by molar-refractivity contribution is 14.1. The molecule has 0 saturated heterocycles. The first kappa shape index (κ1) is 29.6. The molecule has 43 heavy (non-hydrogen) atoms. The lowest BCUT2D eigenvalue weighted by Gasteiger charge is -2.24. The van der Waals surface area contributed by atoms with Crippen molar-refractivity contribution < 1.29 is 23.1 Å². The summed E-state index contributed by atoms with van der Waals surface area (Å²) < 4.78 is 32.1. The zero-order valence-corrected chi connectivity index (χ0v) is 27.2. The number of carbonyl (C=O) groups is 2.